The smallest absolute Gasteiger partial charge is 0.243 e. The van der Waals surface area contributed by atoms with Gasteiger partial charge in [-0.2, -0.15) is 5.26 Å². The van der Waals surface area contributed by atoms with Gasteiger partial charge in [-0.3, -0.25) is 4.79 Å². The van der Waals surface area contributed by atoms with Gasteiger partial charge in [0, 0.05) is 24.5 Å². The van der Waals surface area contributed by atoms with E-state index in [-0.39, 0.29) is 33.9 Å². The van der Waals surface area contributed by atoms with E-state index in [2.05, 4.69) is 33.2 Å². The molecule has 5 rings (SSSR count). The minimum Gasteiger partial charge on any atom is -0.495 e. The van der Waals surface area contributed by atoms with Crippen molar-refractivity contribution in [2.24, 2.45) is 5.41 Å². The van der Waals surface area contributed by atoms with Crippen molar-refractivity contribution >= 4 is 51.6 Å². The van der Waals surface area contributed by atoms with Gasteiger partial charge in [0.05, 0.1) is 78.3 Å². The van der Waals surface area contributed by atoms with Gasteiger partial charge in [0.15, 0.2) is 5.82 Å². The highest BCUT2D eigenvalue weighted by atomic mass is 35.5. The van der Waals surface area contributed by atoms with Crippen LogP contribution in [0.3, 0.4) is 0 Å². The Morgan fingerprint density at radius 3 is 2.56 bits per heavy atom. The van der Waals surface area contributed by atoms with Crippen molar-refractivity contribution in [3.8, 4) is 29.0 Å². The zero-order valence-electron chi connectivity index (χ0n) is 22.8. The topological polar surface area (TPSA) is 135 Å². The monoisotopic (exact) mass is 597 g/mol. The van der Waals surface area contributed by atoms with E-state index in [4.69, 9.17) is 47.4 Å². The molecule has 2 aromatic heterocycles. The van der Waals surface area contributed by atoms with Crippen molar-refractivity contribution in [3.05, 3.63) is 41.0 Å². The van der Waals surface area contributed by atoms with Gasteiger partial charge in [0.1, 0.15) is 23.1 Å². The molecule has 0 radical (unpaired) electrons. The number of ether oxygens (including phenoxy) is 3. The van der Waals surface area contributed by atoms with E-state index in [1.165, 1.54) is 20.3 Å². The summed E-state index contributed by atoms with van der Waals surface area (Å²) in [6.07, 6.45) is 3.55. The molecule has 2 aliphatic rings. The highest BCUT2D eigenvalue weighted by Crippen LogP contribution is 2.46. The summed E-state index contributed by atoms with van der Waals surface area (Å²) < 4.78 is 16.5. The lowest BCUT2D eigenvalue weighted by Crippen LogP contribution is -2.45. The summed E-state index contributed by atoms with van der Waals surface area (Å²) >= 11 is 13.4. The quantitative estimate of drug-likeness (QED) is 0.363. The Morgan fingerprint density at radius 2 is 1.93 bits per heavy atom. The highest BCUT2D eigenvalue weighted by Gasteiger charge is 2.36. The number of methoxy groups -OCH3 is 2. The average molecular weight is 598 g/mol. The molecule has 0 aliphatic carbocycles. The van der Waals surface area contributed by atoms with Crippen molar-refractivity contribution in [2.45, 2.75) is 25.4 Å². The van der Waals surface area contributed by atoms with Crippen LogP contribution in [0.4, 0.5) is 11.6 Å². The number of nitrogens with one attached hydrogen (secondary N) is 2. The number of carbonyl (C=O) groups excluding carboxylic acids is 1. The molecule has 3 atom stereocenters. The lowest BCUT2D eigenvalue weighted by molar-refractivity contribution is -0.117. The van der Waals surface area contributed by atoms with Crippen LogP contribution in [-0.4, -0.2) is 73.5 Å². The zero-order valence-corrected chi connectivity index (χ0v) is 24.3. The molecular weight excluding hydrogens is 569 g/mol. The summed E-state index contributed by atoms with van der Waals surface area (Å²) in [6, 6.07) is 5.43. The van der Waals surface area contributed by atoms with E-state index in [0.717, 1.165) is 5.39 Å². The fourth-order valence-corrected chi connectivity index (χ4v) is 5.70. The summed E-state index contributed by atoms with van der Waals surface area (Å²) in [5.74, 6) is 1.89. The normalized spacial score (nSPS) is 21.9. The molecule has 0 bridgehead atoms. The molecule has 2 fully saturated rings. The number of aromatic nitrogens is 3. The Kier molecular flexibility index (Phi) is 8.09. The summed E-state index contributed by atoms with van der Waals surface area (Å²) in [4.78, 5) is 28.2. The van der Waals surface area contributed by atoms with Crippen molar-refractivity contribution in [3.63, 3.8) is 0 Å². The molecule has 2 aliphatic heterocycles. The van der Waals surface area contributed by atoms with Gasteiger partial charge in [0.2, 0.25) is 5.91 Å². The van der Waals surface area contributed by atoms with E-state index < -0.39 is 5.41 Å². The molecule has 11 nitrogen and oxygen atoms in total. The first-order valence-electron chi connectivity index (χ1n) is 12.9. The molecule has 2 saturated heterocycles. The minimum absolute atomic E-state index is 0.206. The van der Waals surface area contributed by atoms with Crippen LogP contribution < -0.4 is 25.0 Å². The summed E-state index contributed by atoms with van der Waals surface area (Å²) in [5, 5.41) is 17.2. The zero-order chi connectivity index (χ0) is 29.3. The summed E-state index contributed by atoms with van der Waals surface area (Å²) in [7, 11) is 3.00. The Bertz CT molecular complexity index is 1530. The number of carbonyl (C=O) groups is 1. The number of nitrogens with zero attached hydrogens (tertiary/aromatic N) is 5. The molecule has 2 N–H and O–H groups in total. The predicted molar refractivity (Wildman–Crippen MR) is 157 cm³/mol. The second-order valence-corrected chi connectivity index (χ2v) is 10.9. The standard InChI is InChI=1S/C28H29Cl2N7O4/c1-5-22(38)34-18-12-41-11-17(18)33-21-8-15-16(10-32-21)35-26(36-27(15)37-7-6-28(2,13-31)14-37)23-24(29)19(39-3)9-20(40-4)25(23)30/h5,8-10,17-18H,1,6-7,11-12,14H2,2-4H3,(H,32,33)(H,34,38)/t17-,18+,28?/m1/s1. The molecule has 0 spiro atoms. The predicted octanol–water partition coefficient (Wildman–Crippen LogP) is 4.24. The van der Waals surface area contributed by atoms with Crippen LogP contribution in [0.25, 0.3) is 22.3 Å². The SMILES string of the molecule is C=CC(=O)N[C@H]1COC[C@H]1Nc1cc2c(N3CCC(C)(C#N)C3)nc(-c3c(Cl)c(OC)cc(OC)c3Cl)nc2cn1. The van der Waals surface area contributed by atoms with Crippen LogP contribution in [-0.2, 0) is 9.53 Å². The maximum absolute atomic E-state index is 11.9. The number of halogens is 2. The van der Waals surface area contributed by atoms with E-state index >= 15 is 0 Å². The first-order chi connectivity index (χ1) is 19.7. The number of nitriles is 1. The first-order valence-corrected chi connectivity index (χ1v) is 13.7. The van der Waals surface area contributed by atoms with Crippen LogP contribution in [0.5, 0.6) is 11.5 Å². The third-order valence-electron chi connectivity index (χ3n) is 7.33. The Morgan fingerprint density at radius 1 is 1.22 bits per heavy atom. The maximum Gasteiger partial charge on any atom is 0.243 e. The number of benzene rings is 1. The molecule has 3 aromatic rings. The lowest BCUT2D eigenvalue weighted by Gasteiger charge is -2.23. The van der Waals surface area contributed by atoms with E-state index in [1.807, 2.05) is 13.0 Å². The van der Waals surface area contributed by atoms with Crippen molar-refractivity contribution < 1.29 is 19.0 Å². The Labute approximate surface area is 247 Å². The third-order valence-corrected chi connectivity index (χ3v) is 8.08. The van der Waals surface area contributed by atoms with Crippen LogP contribution in [0, 0.1) is 16.7 Å². The largest absolute Gasteiger partial charge is 0.495 e. The average Bonchev–Trinajstić information content (AvgIpc) is 3.59. The molecule has 4 heterocycles. The van der Waals surface area contributed by atoms with E-state index in [1.54, 1.807) is 12.3 Å². The van der Waals surface area contributed by atoms with Crippen LogP contribution in [0.2, 0.25) is 10.0 Å². The first kappa shape index (κ1) is 28.7. The van der Waals surface area contributed by atoms with Gasteiger partial charge in [-0.25, -0.2) is 15.0 Å². The molecule has 1 unspecified atom stereocenters. The third kappa shape index (κ3) is 5.55. The number of hydrogen-bond donors (Lipinski definition) is 2. The molecule has 0 saturated carbocycles. The lowest BCUT2D eigenvalue weighted by atomic mass is 9.92. The van der Waals surface area contributed by atoms with E-state index in [0.29, 0.717) is 66.9 Å². The second-order valence-electron chi connectivity index (χ2n) is 10.2. The fourth-order valence-electron chi connectivity index (χ4n) is 5.03. The van der Waals surface area contributed by atoms with Gasteiger partial charge in [-0.1, -0.05) is 29.8 Å². The number of hydrogen-bond acceptors (Lipinski definition) is 10. The van der Waals surface area contributed by atoms with Crippen LogP contribution >= 0.6 is 23.2 Å². The number of anilines is 2. The summed E-state index contributed by atoms with van der Waals surface area (Å²) in [6.45, 7) is 7.31. The number of fused-ring (bicyclic) bond motifs is 1. The fraction of sp³-hybridized carbons (Fsp3) is 0.393. The van der Waals surface area contributed by atoms with Gasteiger partial charge in [0.25, 0.3) is 0 Å². The maximum atomic E-state index is 11.9. The molecule has 1 amide bonds. The number of amides is 1. The van der Waals surface area contributed by atoms with Gasteiger partial charge in [-0.15, -0.1) is 0 Å². The van der Waals surface area contributed by atoms with Gasteiger partial charge >= 0.3 is 0 Å². The van der Waals surface area contributed by atoms with Crippen LogP contribution in [0.15, 0.2) is 31.0 Å². The number of pyridine rings is 1. The van der Waals surface area contributed by atoms with Gasteiger partial charge < -0.3 is 29.7 Å². The summed E-state index contributed by atoms with van der Waals surface area (Å²) in [5.41, 5.74) is 0.382. The molecule has 41 heavy (non-hydrogen) atoms. The Hall–Kier alpha value is -3.85. The van der Waals surface area contributed by atoms with E-state index in [9.17, 15) is 10.1 Å². The molecule has 13 heteroatoms. The Balaban J connectivity index is 1.61. The van der Waals surface area contributed by atoms with Crippen LogP contribution in [0.1, 0.15) is 13.3 Å². The second kappa shape index (κ2) is 11.6. The van der Waals surface area contributed by atoms with Gasteiger partial charge in [-0.05, 0) is 25.5 Å². The number of rotatable bonds is 8. The van der Waals surface area contributed by atoms with Crippen molar-refractivity contribution in [2.75, 3.05) is 50.7 Å². The molecule has 214 valence electrons. The highest BCUT2D eigenvalue weighted by molar-refractivity contribution is 6.41. The molecular formula is C28H29Cl2N7O4. The van der Waals surface area contributed by atoms with Crippen molar-refractivity contribution in [1.29, 1.82) is 5.26 Å². The molecule has 1 aromatic carbocycles. The van der Waals surface area contributed by atoms with Crippen molar-refractivity contribution in [1.82, 2.24) is 20.3 Å². The minimum atomic E-state index is -0.530.